The molecule has 2 heterocycles. The molecule has 1 aromatic heterocycles. The third-order valence-corrected chi connectivity index (χ3v) is 4.05. The number of rotatable bonds is 3. The molecule has 1 aliphatic carbocycles. The zero-order valence-electron chi connectivity index (χ0n) is 13.3. The highest BCUT2D eigenvalue weighted by Gasteiger charge is 2.21. The van der Waals surface area contributed by atoms with Crippen molar-refractivity contribution < 1.29 is 28.6 Å². The maximum Gasteiger partial charge on any atom is 0.242 e. The molecule has 5 nitrogen and oxygen atoms in total. The van der Waals surface area contributed by atoms with Gasteiger partial charge in [0.05, 0.1) is 0 Å². The molecular weight excluding hydrogens is 389 g/mol. The second kappa shape index (κ2) is 7.89. The van der Waals surface area contributed by atoms with Crippen molar-refractivity contribution >= 4 is 11.7 Å². The molecule has 0 amide bonds. The summed E-state index contributed by atoms with van der Waals surface area (Å²) in [7, 11) is 0. The lowest BCUT2D eigenvalue weighted by atomic mass is 10.0. The Hall–Kier alpha value is -1.18. The van der Waals surface area contributed by atoms with Crippen LogP contribution in [0.25, 0.3) is 0 Å². The maximum atomic E-state index is 4.39. The number of aryl methyl sites for hydroxylation is 2. The van der Waals surface area contributed by atoms with Gasteiger partial charge in [-0.25, -0.2) is 14.5 Å². The van der Waals surface area contributed by atoms with Crippen LogP contribution in [0.15, 0.2) is 17.8 Å². The zero-order valence-corrected chi connectivity index (χ0v) is 15.5. The van der Waals surface area contributed by atoms with Crippen molar-refractivity contribution in [1.29, 1.82) is 0 Å². The van der Waals surface area contributed by atoms with Gasteiger partial charge in [-0.15, -0.1) is 0 Å². The van der Waals surface area contributed by atoms with Crippen LogP contribution in [0.4, 0.5) is 5.95 Å². The topological polar surface area (TPSA) is 52.9 Å². The van der Waals surface area contributed by atoms with Crippen molar-refractivity contribution in [3.8, 4) is 0 Å². The van der Waals surface area contributed by atoms with Gasteiger partial charge in [-0.3, -0.25) is 5.43 Å². The number of aromatic nitrogens is 2. The molecule has 0 bridgehead atoms. The summed E-state index contributed by atoms with van der Waals surface area (Å²) in [5.41, 5.74) is 11.1. The van der Waals surface area contributed by atoms with Crippen LogP contribution < -0.4 is 34.8 Å². The second-order valence-corrected chi connectivity index (χ2v) is 5.93. The molecule has 0 atom stereocenters. The van der Waals surface area contributed by atoms with Crippen LogP contribution in [-0.4, -0.2) is 33.3 Å². The quantitative estimate of drug-likeness (QED) is 0.392. The Labute approximate surface area is 149 Å². The molecule has 2 N–H and O–H groups in total. The normalized spacial score (nSPS) is 17.8. The summed E-state index contributed by atoms with van der Waals surface area (Å²) in [6.07, 6.45) is 8.44. The summed E-state index contributed by atoms with van der Waals surface area (Å²) in [5.74, 6) is 0.640. The minimum atomic E-state index is 0. The molecule has 3 rings (SSSR count). The lowest BCUT2D eigenvalue weighted by molar-refractivity contribution is -0.506. The van der Waals surface area contributed by atoms with Gasteiger partial charge in [0.25, 0.3) is 0 Å². The van der Waals surface area contributed by atoms with E-state index in [1.165, 1.54) is 50.2 Å². The fourth-order valence-electron chi connectivity index (χ4n) is 3.08. The molecule has 1 aromatic rings. The highest BCUT2D eigenvalue weighted by atomic mass is 127. The lowest BCUT2D eigenvalue weighted by Crippen LogP contribution is -3.00. The van der Waals surface area contributed by atoms with Gasteiger partial charge in [-0.1, -0.05) is 0 Å². The van der Waals surface area contributed by atoms with Gasteiger partial charge < -0.3 is 29.4 Å². The smallest absolute Gasteiger partial charge is 0.242 e. The van der Waals surface area contributed by atoms with Crippen LogP contribution in [-0.2, 0) is 0 Å². The number of nitrogens with zero attached hydrogens (tertiary/aromatic N) is 3. The second-order valence-electron chi connectivity index (χ2n) is 5.93. The van der Waals surface area contributed by atoms with Crippen molar-refractivity contribution in [3.63, 3.8) is 0 Å². The first-order chi connectivity index (χ1) is 10.2. The van der Waals surface area contributed by atoms with Gasteiger partial charge in [-0.2, -0.15) is 0 Å². The van der Waals surface area contributed by atoms with Crippen molar-refractivity contribution in [2.24, 2.45) is 0 Å². The summed E-state index contributed by atoms with van der Waals surface area (Å²) >= 11 is 0. The molecule has 120 valence electrons. The van der Waals surface area contributed by atoms with E-state index in [9.17, 15) is 0 Å². The number of allylic oxidation sites excluding steroid dienone is 2. The third kappa shape index (κ3) is 4.41. The lowest BCUT2D eigenvalue weighted by Gasteiger charge is -2.16. The molecule has 0 aromatic carbocycles. The third-order valence-electron chi connectivity index (χ3n) is 4.05. The van der Waals surface area contributed by atoms with E-state index in [0.29, 0.717) is 5.95 Å². The molecule has 22 heavy (non-hydrogen) atoms. The molecule has 1 saturated heterocycles. The van der Waals surface area contributed by atoms with Crippen LogP contribution in [0.5, 0.6) is 0 Å². The predicted molar refractivity (Wildman–Crippen MR) is 84.4 cm³/mol. The number of anilines is 1. The molecule has 0 saturated carbocycles. The Morgan fingerprint density at radius 2 is 1.64 bits per heavy atom. The molecule has 6 heteroatoms. The van der Waals surface area contributed by atoms with Crippen molar-refractivity contribution in [2.45, 2.75) is 46.0 Å². The van der Waals surface area contributed by atoms with Crippen molar-refractivity contribution in [1.82, 2.24) is 15.4 Å². The zero-order chi connectivity index (χ0) is 14.7. The van der Waals surface area contributed by atoms with Gasteiger partial charge >= 0.3 is 0 Å². The van der Waals surface area contributed by atoms with Gasteiger partial charge in [0.15, 0.2) is 5.71 Å². The average Bonchev–Trinajstić information content (AvgIpc) is 2.99. The average molecular weight is 413 g/mol. The minimum Gasteiger partial charge on any atom is -1.00 e. The van der Waals surface area contributed by atoms with Crippen LogP contribution >= 0.6 is 0 Å². The fraction of sp³-hybridized carbons (Fsp3) is 0.562. The largest absolute Gasteiger partial charge is 1.00 e. The molecule has 0 spiro atoms. The Kier molecular flexibility index (Phi) is 6.16. The van der Waals surface area contributed by atoms with E-state index in [1.54, 1.807) is 0 Å². The van der Waals surface area contributed by atoms with Crippen LogP contribution in [0.3, 0.4) is 0 Å². The molecule has 1 aliphatic heterocycles. The Bertz CT molecular complexity index is 566. The van der Waals surface area contributed by atoms with Crippen molar-refractivity contribution in [3.05, 3.63) is 29.2 Å². The Morgan fingerprint density at radius 3 is 2.32 bits per heavy atom. The van der Waals surface area contributed by atoms with Crippen LogP contribution in [0.1, 0.15) is 43.5 Å². The number of hydrogen-bond donors (Lipinski definition) is 2. The van der Waals surface area contributed by atoms with Gasteiger partial charge in [0.1, 0.15) is 13.1 Å². The highest BCUT2D eigenvalue weighted by molar-refractivity contribution is 5.92. The van der Waals surface area contributed by atoms with E-state index >= 15 is 0 Å². The molecule has 2 aliphatic rings. The first-order valence-corrected chi connectivity index (χ1v) is 7.86. The van der Waals surface area contributed by atoms with E-state index in [1.807, 2.05) is 19.9 Å². The summed E-state index contributed by atoms with van der Waals surface area (Å²) in [4.78, 5) is 8.77. The van der Waals surface area contributed by atoms with E-state index in [4.69, 9.17) is 0 Å². The highest BCUT2D eigenvalue weighted by Crippen LogP contribution is 2.16. The molecule has 0 unspecified atom stereocenters. The SMILES string of the molecule is Cc1cc(C)nc(NNC2=CC(=[N+]3CCCC3)CCC2)n1.[I-]. The molecule has 1 fully saturated rings. The van der Waals surface area contributed by atoms with Gasteiger partial charge in [0.2, 0.25) is 5.95 Å². The number of hydrogen-bond acceptors (Lipinski definition) is 4. The van der Waals surface area contributed by atoms with Gasteiger partial charge in [0, 0.05) is 42.4 Å². The number of halogens is 1. The standard InChI is InChI=1S/C16H23N5.HI/c1-12-10-13(2)18-16(17-12)20-19-14-6-5-7-15(11-14)21-8-3-4-9-21;/h10-11H,3-9H2,1-2H3,(H,17,18,20);1H. The van der Waals surface area contributed by atoms with E-state index < -0.39 is 0 Å². The maximum absolute atomic E-state index is 4.39. The van der Waals surface area contributed by atoms with Gasteiger partial charge in [-0.05, 0) is 32.8 Å². The number of nitrogens with one attached hydrogen (secondary N) is 2. The Balaban J connectivity index is 0.00000176. The summed E-state index contributed by atoms with van der Waals surface area (Å²) in [6, 6.07) is 1.98. The van der Waals surface area contributed by atoms with E-state index in [0.717, 1.165) is 17.8 Å². The number of hydrazine groups is 1. The summed E-state index contributed by atoms with van der Waals surface area (Å²) in [5, 5.41) is 0. The molecule has 0 radical (unpaired) electrons. The predicted octanol–water partition coefficient (Wildman–Crippen LogP) is -0.671. The summed E-state index contributed by atoms with van der Waals surface area (Å²) < 4.78 is 2.52. The van der Waals surface area contributed by atoms with E-state index in [2.05, 4.69) is 31.5 Å². The van der Waals surface area contributed by atoms with Crippen molar-refractivity contribution in [2.75, 3.05) is 18.5 Å². The Morgan fingerprint density at radius 1 is 0.955 bits per heavy atom. The molecular formula is C16H24IN5. The van der Waals surface area contributed by atoms with Crippen LogP contribution in [0, 0.1) is 13.8 Å². The first kappa shape index (κ1) is 17.2. The fourth-order valence-corrected chi connectivity index (χ4v) is 3.08. The first-order valence-electron chi connectivity index (χ1n) is 7.86. The van der Waals surface area contributed by atoms with E-state index in [-0.39, 0.29) is 24.0 Å². The minimum absolute atomic E-state index is 0. The summed E-state index contributed by atoms with van der Waals surface area (Å²) in [6.45, 7) is 6.40. The monoisotopic (exact) mass is 413 g/mol. The van der Waals surface area contributed by atoms with Crippen LogP contribution in [0.2, 0.25) is 0 Å².